The van der Waals surface area contributed by atoms with Gasteiger partial charge in [0, 0.05) is 30.3 Å². The van der Waals surface area contributed by atoms with Gasteiger partial charge >= 0.3 is 0 Å². The van der Waals surface area contributed by atoms with Crippen LogP contribution in [0.4, 0.5) is 0 Å². The summed E-state index contributed by atoms with van der Waals surface area (Å²) in [5.41, 5.74) is 0.116. The Bertz CT molecular complexity index is 676. The first kappa shape index (κ1) is 19.5. The van der Waals surface area contributed by atoms with Crippen LogP contribution in [0.3, 0.4) is 0 Å². The Balaban J connectivity index is 2.21. The fourth-order valence-corrected chi connectivity index (χ4v) is 3.15. The van der Waals surface area contributed by atoms with E-state index in [1.54, 1.807) is 19.9 Å². The van der Waals surface area contributed by atoms with Crippen molar-refractivity contribution in [2.75, 3.05) is 13.2 Å². The van der Waals surface area contributed by atoms with E-state index in [1.165, 1.54) is 0 Å². The molecule has 1 fully saturated rings. The van der Waals surface area contributed by atoms with Crippen molar-refractivity contribution in [3.05, 3.63) is 35.4 Å². The molecule has 4 nitrogen and oxygen atoms in total. The van der Waals surface area contributed by atoms with Gasteiger partial charge in [0.05, 0.1) is 5.60 Å². The molecule has 1 saturated heterocycles. The summed E-state index contributed by atoms with van der Waals surface area (Å²) in [6.07, 6.45) is 1.70. The number of carbonyl (C=O) groups excluding carboxylic acids is 1. The van der Waals surface area contributed by atoms with Crippen LogP contribution >= 0.6 is 0 Å². The van der Waals surface area contributed by atoms with Crippen LogP contribution in [0.25, 0.3) is 0 Å². The SMILES string of the molecule is CCN(C(=O)c1cccc(C#CC(C)(C)O)c1)[C@H]1CCOC(C)(C)C1. The highest BCUT2D eigenvalue weighted by Crippen LogP contribution is 2.28. The van der Waals surface area contributed by atoms with Crippen LogP contribution in [-0.4, -0.2) is 46.3 Å². The average molecular weight is 343 g/mol. The zero-order valence-electron chi connectivity index (χ0n) is 15.9. The normalized spacial score (nSPS) is 19.7. The summed E-state index contributed by atoms with van der Waals surface area (Å²) < 4.78 is 5.78. The summed E-state index contributed by atoms with van der Waals surface area (Å²) >= 11 is 0. The number of hydrogen-bond acceptors (Lipinski definition) is 3. The van der Waals surface area contributed by atoms with Crippen LogP contribution in [0, 0.1) is 11.8 Å². The van der Waals surface area contributed by atoms with Crippen LogP contribution in [0.5, 0.6) is 0 Å². The second-order valence-electron chi connectivity index (χ2n) is 7.74. The molecule has 0 aliphatic carbocycles. The highest BCUT2D eigenvalue weighted by molar-refractivity contribution is 5.94. The minimum absolute atomic E-state index is 0.0251. The van der Waals surface area contributed by atoms with E-state index >= 15 is 0 Å². The summed E-state index contributed by atoms with van der Waals surface area (Å²) in [5.74, 6) is 5.75. The van der Waals surface area contributed by atoms with E-state index in [0.29, 0.717) is 18.7 Å². The fourth-order valence-electron chi connectivity index (χ4n) is 3.15. The summed E-state index contributed by atoms with van der Waals surface area (Å²) in [7, 11) is 0. The maximum atomic E-state index is 13.0. The zero-order valence-corrected chi connectivity index (χ0v) is 15.9. The third kappa shape index (κ3) is 5.59. The molecular formula is C21H29NO3. The fraction of sp³-hybridized carbons (Fsp3) is 0.571. The average Bonchev–Trinajstić information content (AvgIpc) is 2.52. The van der Waals surface area contributed by atoms with E-state index in [-0.39, 0.29) is 17.6 Å². The molecule has 1 aromatic rings. The molecule has 4 heteroatoms. The van der Waals surface area contributed by atoms with Crippen molar-refractivity contribution in [2.45, 2.75) is 64.7 Å². The van der Waals surface area contributed by atoms with Gasteiger partial charge in [-0.25, -0.2) is 0 Å². The van der Waals surface area contributed by atoms with Gasteiger partial charge in [0.1, 0.15) is 5.60 Å². The molecule has 0 spiro atoms. The van der Waals surface area contributed by atoms with Crippen molar-refractivity contribution >= 4 is 5.91 Å². The first-order valence-electron chi connectivity index (χ1n) is 8.92. The Morgan fingerprint density at radius 2 is 2.16 bits per heavy atom. The van der Waals surface area contributed by atoms with Crippen LogP contribution < -0.4 is 0 Å². The lowest BCUT2D eigenvalue weighted by Gasteiger charge is -2.41. The molecular weight excluding hydrogens is 314 g/mol. The quantitative estimate of drug-likeness (QED) is 0.857. The minimum atomic E-state index is -1.05. The molecule has 1 atom stereocenters. The highest BCUT2D eigenvalue weighted by atomic mass is 16.5. The van der Waals surface area contributed by atoms with Crippen molar-refractivity contribution in [3.63, 3.8) is 0 Å². The molecule has 1 heterocycles. The number of ether oxygens (including phenoxy) is 1. The molecule has 0 bridgehead atoms. The van der Waals surface area contributed by atoms with Gasteiger partial charge in [0.25, 0.3) is 5.91 Å². The standard InChI is InChI=1S/C21H29NO3/c1-6-22(18-11-13-25-21(4,5)15-18)19(23)17-9-7-8-16(14-17)10-12-20(2,3)24/h7-9,14,18,24H,6,11,13,15H2,1-5H3/t18-/m0/s1. The first-order valence-corrected chi connectivity index (χ1v) is 8.92. The number of aliphatic hydroxyl groups is 1. The van der Waals surface area contributed by atoms with E-state index in [9.17, 15) is 9.90 Å². The van der Waals surface area contributed by atoms with Crippen LogP contribution in [0.15, 0.2) is 24.3 Å². The van der Waals surface area contributed by atoms with Gasteiger partial charge in [-0.15, -0.1) is 0 Å². The van der Waals surface area contributed by atoms with Gasteiger partial charge < -0.3 is 14.7 Å². The monoisotopic (exact) mass is 343 g/mol. The summed E-state index contributed by atoms with van der Waals surface area (Å²) in [5, 5.41) is 9.74. The van der Waals surface area contributed by atoms with Gasteiger partial charge in [-0.05, 0) is 65.7 Å². The smallest absolute Gasteiger partial charge is 0.254 e. The second-order valence-corrected chi connectivity index (χ2v) is 7.74. The molecule has 2 rings (SSSR count). The van der Waals surface area contributed by atoms with Gasteiger partial charge in [-0.3, -0.25) is 4.79 Å². The minimum Gasteiger partial charge on any atom is -0.378 e. The lowest BCUT2D eigenvalue weighted by molar-refractivity contribution is -0.0777. The molecule has 1 aliphatic heterocycles. The van der Waals surface area contributed by atoms with Crippen LogP contribution in [0.1, 0.15) is 63.4 Å². The number of amides is 1. The van der Waals surface area contributed by atoms with Crippen molar-refractivity contribution in [3.8, 4) is 11.8 Å². The summed E-state index contributed by atoms with van der Waals surface area (Å²) in [6.45, 7) is 10.8. The lowest BCUT2D eigenvalue weighted by atomic mass is 9.92. The van der Waals surface area contributed by atoms with E-state index in [2.05, 4.69) is 25.7 Å². The topological polar surface area (TPSA) is 49.8 Å². The third-order valence-corrected chi connectivity index (χ3v) is 4.34. The van der Waals surface area contributed by atoms with Gasteiger partial charge in [0.15, 0.2) is 0 Å². The molecule has 1 aliphatic rings. The molecule has 0 saturated carbocycles. The van der Waals surface area contributed by atoms with E-state index in [0.717, 1.165) is 18.4 Å². The predicted molar refractivity (Wildman–Crippen MR) is 99.4 cm³/mol. The maximum Gasteiger partial charge on any atom is 0.254 e. The number of hydrogen-bond donors (Lipinski definition) is 1. The largest absolute Gasteiger partial charge is 0.378 e. The van der Waals surface area contributed by atoms with E-state index < -0.39 is 5.60 Å². The molecule has 0 aromatic heterocycles. The molecule has 1 amide bonds. The lowest BCUT2D eigenvalue weighted by Crippen LogP contribution is -2.48. The van der Waals surface area contributed by atoms with Crippen molar-refractivity contribution in [2.24, 2.45) is 0 Å². The van der Waals surface area contributed by atoms with E-state index in [1.807, 2.05) is 30.0 Å². The Hall–Kier alpha value is -1.83. The van der Waals surface area contributed by atoms with Crippen molar-refractivity contribution in [1.29, 1.82) is 0 Å². The summed E-state index contributed by atoms with van der Waals surface area (Å²) in [4.78, 5) is 15.0. The molecule has 1 aromatic carbocycles. The Morgan fingerprint density at radius 3 is 2.76 bits per heavy atom. The van der Waals surface area contributed by atoms with Crippen LogP contribution in [0.2, 0.25) is 0 Å². The maximum absolute atomic E-state index is 13.0. The second kappa shape index (κ2) is 7.59. The van der Waals surface area contributed by atoms with E-state index in [4.69, 9.17) is 4.74 Å². The number of carbonyl (C=O) groups is 1. The molecule has 0 unspecified atom stereocenters. The van der Waals surface area contributed by atoms with Gasteiger partial charge in [-0.1, -0.05) is 17.9 Å². The predicted octanol–water partition coefficient (Wildman–Crippen LogP) is 3.23. The van der Waals surface area contributed by atoms with Crippen molar-refractivity contribution < 1.29 is 14.6 Å². The Labute approximate surface area is 151 Å². The first-order chi connectivity index (χ1) is 11.6. The molecule has 136 valence electrons. The highest BCUT2D eigenvalue weighted by Gasteiger charge is 2.34. The van der Waals surface area contributed by atoms with Gasteiger partial charge in [-0.2, -0.15) is 0 Å². The number of benzene rings is 1. The van der Waals surface area contributed by atoms with Crippen LogP contribution in [-0.2, 0) is 4.74 Å². The molecule has 0 radical (unpaired) electrons. The summed E-state index contributed by atoms with van der Waals surface area (Å²) in [6, 6.07) is 7.50. The Kier molecular flexibility index (Phi) is 5.92. The number of rotatable bonds is 3. The van der Waals surface area contributed by atoms with Crippen molar-refractivity contribution in [1.82, 2.24) is 4.90 Å². The molecule has 25 heavy (non-hydrogen) atoms. The zero-order chi connectivity index (χ0) is 18.7. The number of nitrogens with zero attached hydrogens (tertiary/aromatic N) is 1. The van der Waals surface area contributed by atoms with Gasteiger partial charge in [0.2, 0.25) is 0 Å². The molecule has 1 N–H and O–H groups in total. The Morgan fingerprint density at radius 1 is 1.44 bits per heavy atom. The third-order valence-electron chi connectivity index (χ3n) is 4.34.